The Balaban J connectivity index is 0.000000261. The van der Waals surface area contributed by atoms with Crippen molar-refractivity contribution in [1.29, 1.82) is 0 Å². The fraction of sp³-hybridized carbons (Fsp3) is 0.450. The Bertz CT molecular complexity index is 833. The average Bonchev–Trinajstić information content (AvgIpc) is 3.10. The summed E-state index contributed by atoms with van der Waals surface area (Å²) in [4.78, 5) is 8.30. The van der Waals surface area contributed by atoms with Crippen molar-refractivity contribution in [3.05, 3.63) is 46.8 Å². The van der Waals surface area contributed by atoms with Crippen LogP contribution in [-0.2, 0) is 6.54 Å². The van der Waals surface area contributed by atoms with Crippen molar-refractivity contribution in [1.82, 2.24) is 19.6 Å². The molecule has 7 nitrogen and oxygen atoms in total. The van der Waals surface area contributed by atoms with E-state index in [9.17, 15) is 0 Å². The van der Waals surface area contributed by atoms with E-state index in [2.05, 4.69) is 36.3 Å². The van der Waals surface area contributed by atoms with Crippen LogP contribution in [0.2, 0.25) is 0 Å². The molecule has 0 saturated heterocycles. The molecule has 4 N–H and O–H groups in total. The van der Waals surface area contributed by atoms with Crippen molar-refractivity contribution in [2.75, 3.05) is 11.1 Å². The Morgan fingerprint density at radius 3 is 2.61 bits per heavy atom. The van der Waals surface area contributed by atoms with Crippen LogP contribution in [0.25, 0.3) is 5.65 Å². The fourth-order valence-electron chi connectivity index (χ4n) is 2.86. The first-order valence-corrected chi connectivity index (χ1v) is 10.5. The summed E-state index contributed by atoms with van der Waals surface area (Å²) in [6.45, 7) is 4.64. The van der Waals surface area contributed by atoms with Gasteiger partial charge in [0, 0.05) is 25.0 Å². The summed E-state index contributed by atoms with van der Waals surface area (Å²) in [7, 11) is 0. The molecule has 0 aromatic carbocycles. The Hall–Kier alpha value is -2.19. The van der Waals surface area contributed by atoms with Gasteiger partial charge in [0.05, 0.1) is 16.8 Å². The van der Waals surface area contributed by atoms with Crippen LogP contribution in [0, 0.1) is 0 Å². The first-order chi connectivity index (χ1) is 13.6. The molecule has 3 heterocycles. The number of rotatable bonds is 3. The van der Waals surface area contributed by atoms with E-state index < -0.39 is 0 Å². The van der Waals surface area contributed by atoms with Gasteiger partial charge in [0.2, 0.25) is 0 Å². The molecule has 0 aliphatic heterocycles. The number of aliphatic hydroxyl groups is 1. The van der Waals surface area contributed by atoms with Crippen molar-refractivity contribution in [2.45, 2.75) is 58.6 Å². The maximum Gasteiger partial charge on any atom is 0.173 e. The maximum atomic E-state index is 8.91. The maximum absolute atomic E-state index is 8.91. The molecule has 1 fully saturated rings. The van der Waals surface area contributed by atoms with Crippen LogP contribution in [0.5, 0.6) is 0 Å². The number of nitrogens with one attached hydrogen (secondary N) is 1. The summed E-state index contributed by atoms with van der Waals surface area (Å²) in [6.07, 6.45) is 11.2. The minimum absolute atomic E-state index is 0.0359. The molecule has 152 valence electrons. The summed E-state index contributed by atoms with van der Waals surface area (Å²) >= 11 is 3.39. The molecule has 1 aliphatic carbocycles. The number of hydrogen-bond acceptors (Lipinski definition) is 6. The highest BCUT2D eigenvalue weighted by molar-refractivity contribution is 9.10. The summed E-state index contributed by atoms with van der Waals surface area (Å²) in [5.74, 6) is 1.24. The number of nitrogens with two attached hydrogens (primary N) is 1. The number of pyridine rings is 1. The smallest absolute Gasteiger partial charge is 0.173 e. The lowest BCUT2D eigenvalue weighted by Crippen LogP contribution is -2.09. The lowest BCUT2D eigenvalue weighted by atomic mass is 9.98. The van der Waals surface area contributed by atoms with Crippen LogP contribution >= 0.6 is 15.9 Å². The predicted molar refractivity (Wildman–Crippen MR) is 117 cm³/mol. The number of hydrogen-bond donors (Lipinski definition) is 3. The molecule has 8 heteroatoms. The first kappa shape index (κ1) is 22.1. The predicted octanol–water partition coefficient (Wildman–Crippen LogP) is 4.42. The average molecular weight is 449 g/mol. The molecule has 4 rings (SSSR count). The Kier molecular flexibility index (Phi) is 9.16. The SMILES string of the molecule is CC.Nc1cc(NCc2cccnc2)n2ncc(Br)c2n1.OC1CCCCC1. The molecule has 28 heavy (non-hydrogen) atoms. The zero-order chi connectivity index (χ0) is 20.4. The van der Waals surface area contributed by atoms with Gasteiger partial charge in [-0.1, -0.05) is 39.2 Å². The summed E-state index contributed by atoms with van der Waals surface area (Å²) in [6, 6.07) is 5.65. The second-order valence-corrected chi connectivity index (χ2v) is 7.16. The molecule has 3 aromatic rings. The summed E-state index contributed by atoms with van der Waals surface area (Å²) < 4.78 is 2.51. The molecular weight excluding hydrogens is 420 g/mol. The largest absolute Gasteiger partial charge is 0.393 e. The topological polar surface area (TPSA) is 101 Å². The highest BCUT2D eigenvalue weighted by Gasteiger charge is 2.09. The van der Waals surface area contributed by atoms with Crippen molar-refractivity contribution in [3.63, 3.8) is 0 Å². The van der Waals surface area contributed by atoms with Crippen LogP contribution in [0.15, 0.2) is 41.3 Å². The Labute approximate surface area is 174 Å². The minimum Gasteiger partial charge on any atom is -0.393 e. The fourth-order valence-corrected chi connectivity index (χ4v) is 3.21. The number of anilines is 2. The van der Waals surface area contributed by atoms with Gasteiger partial charge in [0.25, 0.3) is 0 Å². The van der Waals surface area contributed by atoms with E-state index in [0.717, 1.165) is 28.7 Å². The number of fused-ring (bicyclic) bond motifs is 1. The van der Waals surface area contributed by atoms with E-state index in [1.165, 1.54) is 19.3 Å². The van der Waals surface area contributed by atoms with E-state index in [1.54, 1.807) is 23.0 Å². The van der Waals surface area contributed by atoms with Crippen LogP contribution in [0.1, 0.15) is 51.5 Å². The van der Waals surface area contributed by atoms with Gasteiger partial charge in [-0.05, 0) is 40.4 Å². The van der Waals surface area contributed by atoms with Gasteiger partial charge in [-0.2, -0.15) is 9.61 Å². The van der Waals surface area contributed by atoms with Gasteiger partial charge >= 0.3 is 0 Å². The quantitative estimate of drug-likeness (QED) is 0.547. The van der Waals surface area contributed by atoms with Crippen LogP contribution in [-0.4, -0.2) is 30.8 Å². The van der Waals surface area contributed by atoms with Gasteiger partial charge in [-0.15, -0.1) is 0 Å². The molecule has 3 aromatic heterocycles. The van der Waals surface area contributed by atoms with Crippen LogP contribution < -0.4 is 11.1 Å². The molecule has 1 saturated carbocycles. The van der Waals surface area contributed by atoms with Crippen molar-refractivity contribution in [3.8, 4) is 0 Å². The van der Waals surface area contributed by atoms with E-state index in [4.69, 9.17) is 10.8 Å². The summed E-state index contributed by atoms with van der Waals surface area (Å²) in [5, 5.41) is 16.4. The van der Waals surface area contributed by atoms with E-state index >= 15 is 0 Å². The molecule has 1 aliphatic rings. The van der Waals surface area contributed by atoms with E-state index in [1.807, 2.05) is 32.2 Å². The Morgan fingerprint density at radius 1 is 1.25 bits per heavy atom. The third-order valence-corrected chi connectivity index (χ3v) is 4.78. The van der Waals surface area contributed by atoms with Crippen molar-refractivity contribution >= 4 is 33.2 Å². The van der Waals surface area contributed by atoms with Gasteiger partial charge in [-0.3, -0.25) is 4.98 Å². The Morgan fingerprint density at radius 2 is 2.00 bits per heavy atom. The monoisotopic (exact) mass is 448 g/mol. The van der Waals surface area contributed by atoms with E-state index in [-0.39, 0.29) is 6.10 Å². The second kappa shape index (κ2) is 11.6. The van der Waals surface area contributed by atoms with Crippen molar-refractivity contribution < 1.29 is 5.11 Å². The highest BCUT2D eigenvalue weighted by Crippen LogP contribution is 2.21. The van der Waals surface area contributed by atoms with E-state index in [0.29, 0.717) is 18.0 Å². The molecule has 0 bridgehead atoms. The zero-order valence-electron chi connectivity index (χ0n) is 16.5. The standard InChI is InChI=1S/C12H11BrN6.C6H12O.C2H6/c13-9-7-17-19-11(4-10(14)18-12(9)19)16-6-8-2-1-3-15-5-8;7-6-4-2-1-3-5-6;1-2/h1-5,7,16H,6H2,(H2,14,18);6-7H,1-5H2;1-2H3. The number of aromatic nitrogens is 4. The lowest BCUT2D eigenvalue weighted by molar-refractivity contribution is 0.130. The van der Waals surface area contributed by atoms with Crippen LogP contribution in [0.4, 0.5) is 11.6 Å². The van der Waals surface area contributed by atoms with Gasteiger partial charge in [0.15, 0.2) is 5.65 Å². The minimum atomic E-state index is 0.0359. The van der Waals surface area contributed by atoms with Crippen LogP contribution in [0.3, 0.4) is 0 Å². The number of halogens is 1. The lowest BCUT2D eigenvalue weighted by Gasteiger charge is -2.14. The molecule has 0 radical (unpaired) electrons. The number of nitrogen functional groups attached to an aromatic ring is 1. The molecular formula is C20H29BrN6O. The molecule has 0 spiro atoms. The van der Waals surface area contributed by atoms with Gasteiger partial charge in [0.1, 0.15) is 11.6 Å². The third-order valence-electron chi connectivity index (χ3n) is 4.22. The normalized spacial score (nSPS) is 13.9. The second-order valence-electron chi connectivity index (χ2n) is 6.30. The third kappa shape index (κ3) is 6.45. The number of aliphatic hydroxyl groups excluding tert-OH is 1. The first-order valence-electron chi connectivity index (χ1n) is 9.74. The zero-order valence-corrected chi connectivity index (χ0v) is 18.1. The van der Waals surface area contributed by atoms with Gasteiger partial charge < -0.3 is 16.2 Å². The summed E-state index contributed by atoms with van der Waals surface area (Å²) in [5.41, 5.74) is 7.57. The number of nitrogens with zero attached hydrogens (tertiary/aromatic N) is 4. The van der Waals surface area contributed by atoms with Crippen molar-refractivity contribution in [2.24, 2.45) is 0 Å². The highest BCUT2D eigenvalue weighted by atomic mass is 79.9. The molecule has 0 unspecified atom stereocenters. The molecule has 0 atom stereocenters. The molecule has 0 amide bonds. The van der Waals surface area contributed by atoms with Gasteiger partial charge in [-0.25, -0.2) is 4.98 Å².